The Bertz CT molecular complexity index is 905. The fourth-order valence-corrected chi connectivity index (χ4v) is 3.66. The van der Waals surface area contributed by atoms with Gasteiger partial charge in [-0.25, -0.2) is 4.98 Å². The van der Waals surface area contributed by atoms with E-state index in [1.165, 1.54) is 12.8 Å². The van der Waals surface area contributed by atoms with Crippen LogP contribution in [-0.4, -0.2) is 18.0 Å². The van der Waals surface area contributed by atoms with Crippen LogP contribution in [0.1, 0.15) is 39.0 Å². The number of nitrogens with zero attached hydrogens (tertiary/aromatic N) is 1. The Kier molecular flexibility index (Phi) is 7.64. The predicted octanol–water partition coefficient (Wildman–Crippen LogP) is 6.47. The zero-order chi connectivity index (χ0) is 20.5. The molecule has 0 aliphatic heterocycles. The summed E-state index contributed by atoms with van der Waals surface area (Å²) in [4.78, 5) is 16.7. The molecule has 1 amide bonds. The molecular weight excluding hydrogens is 382 g/mol. The van der Waals surface area contributed by atoms with Crippen molar-refractivity contribution in [3.05, 3.63) is 53.9 Å². The van der Waals surface area contributed by atoms with Crippen molar-refractivity contribution >= 4 is 33.8 Å². The lowest BCUT2D eigenvalue weighted by Gasteiger charge is -2.06. The van der Waals surface area contributed by atoms with Gasteiger partial charge in [0.25, 0.3) is 0 Å². The minimum Gasteiger partial charge on any atom is -0.497 e. The van der Waals surface area contributed by atoms with Gasteiger partial charge in [0.1, 0.15) is 5.75 Å². The molecule has 1 aromatic heterocycles. The highest BCUT2D eigenvalue weighted by Gasteiger charge is 2.07. The second-order valence-corrected chi connectivity index (χ2v) is 7.69. The minimum atomic E-state index is 0.0773. The van der Waals surface area contributed by atoms with E-state index in [0.29, 0.717) is 6.42 Å². The molecule has 6 heteroatoms. The van der Waals surface area contributed by atoms with Crippen LogP contribution in [0.3, 0.4) is 0 Å². The van der Waals surface area contributed by atoms with Crippen LogP contribution >= 0.6 is 11.3 Å². The van der Waals surface area contributed by atoms with E-state index in [1.807, 2.05) is 53.9 Å². The average molecular weight is 410 g/mol. The molecule has 0 saturated heterocycles. The van der Waals surface area contributed by atoms with Crippen LogP contribution in [-0.2, 0) is 4.79 Å². The van der Waals surface area contributed by atoms with Crippen molar-refractivity contribution in [2.75, 3.05) is 17.7 Å². The molecule has 2 aromatic carbocycles. The first kappa shape index (κ1) is 20.9. The first-order valence-corrected chi connectivity index (χ1v) is 10.8. The summed E-state index contributed by atoms with van der Waals surface area (Å²) in [7, 11) is 1.65. The van der Waals surface area contributed by atoms with Crippen LogP contribution in [0.4, 0.5) is 16.5 Å². The van der Waals surface area contributed by atoms with Crippen molar-refractivity contribution in [2.24, 2.45) is 0 Å². The Morgan fingerprint density at radius 1 is 1.00 bits per heavy atom. The van der Waals surface area contributed by atoms with Crippen molar-refractivity contribution in [3.8, 4) is 17.0 Å². The Morgan fingerprint density at radius 2 is 1.72 bits per heavy atom. The van der Waals surface area contributed by atoms with Gasteiger partial charge >= 0.3 is 0 Å². The Balaban J connectivity index is 1.55. The van der Waals surface area contributed by atoms with E-state index in [2.05, 4.69) is 22.5 Å². The Morgan fingerprint density at radius 3 is 2.41 bits per heavy atom. The topological polar surface area (TPSA) is 63.2 Å². The summed E-state index contributed by atoms with van der Waals surface area (Å²) in [6.45, 7) is 2.17. The van der Waals surface area contributed by atoms with E-state index in [-0.39, 0.29) is 5.91 Å². The lowest BCUT2D eigenvalue weighted by atomic mass is 10.1. The summed E-state index contributed by atoms with van der Waals surface area (Å²) in [5.41, 5.74) is 3.71. The largest absolute Gasteiger partial charge is 0.497 e. The van der Waals surface area contributed by atoms with E-state index >= 15 is 0 Å². The SMILES string of the molecule is CCCCCCC(=O)Nc1ccc(-c2csc(Nc3ccc(OC)cc3)n2)cc1. The maximum atomic E-state index is 12.0. The van der Waals surface area contributed by atoms with Gasteiger partial charge in [0, 0.05) is 28.7 Å². The Labute approximate surface area is 176 Å². The van der Waals surface area contributed by atoms with Gasteiger partial charge in [0.15, 0.2) is 5.13 Å². The highest BCUT2D eigenvalue weighted by atomic mass is 32.1. The van der Waals surface area contributed by atoms with Crippen molar-refractivity contribution < 1.29 is 9.53 Å². The number of anilines is 3. The number of amides is 1. The molecule has 0 aliphatic rings. The van der Waals surface area contributed by atoms with Gasteiger partial charge in [0.2, 0.25) is 5.91 Å². The summed E-state index contributed by atoms with van der Waals surface area (Å²) in [6, 6.07) is 15.6. The molecule has 0 atom stereocenters. The molecule has 0 aliphatic carbocycles. The maximum Gasteiger partial charge on any atom is 0.224 e. The predicted molar refractivity (Wildman–Crippen MR) is 121 cm³/mol. The normalized spacial score (nSPS) is 10.6. The number of aromatic nitrogens is 1. The second-order valence-electron chi connectivity index (χ2n) is 6.83. The zero-order valence-corrected chi connectivity index (χ0v) is 17.7. The second kappa shape index (κ2) is 10.6. The monoisotopic (exact) mass is 409 g/mol. The van der Waals surface area contributed by atoms with Crippen LogP contribution in [0, 0.1) is 0 Å². The first-order chi connectivity index (χ1) is 14.2. The number of methoxy groups -OCH3 is 1. The summed E-state index contributed by atoms with van der Waals surface area (Å²) >= 11 is 1.55. The molecule has 0 fully saturated rings. The van der Waals surface area contributed by atoms with E-state index in [9.17, 15) is 4.79 Å². The third-order valence-corrected chi connectivity index (χ3v) is 5.33. The standard InChI is InChI=1S/C23H27N3O2S/c1-3-4-5-6-7-22(27)24-18-10-8-17(9-11-18)21-16-29-23(26-21)25-19-12-14-20(28-2)15-13-19/h8-16H,3-7H2,1-2H3,(H,24,27)(H,25,26). The fraction of sp³-hybridized carbons (Fsp3) is 0.304. The third-order valence-electron chi connectivity index (χ3n) is 4.57. The van der Waals surface area contributed by atoms with Gasteiger partial charge in [-0.05, 0) is 42.8 Å². The Hall–Kier alpha value is -2.86. The van der Waals surface area contributed by atoms with E-state index < -0.39 is 0 Å². The zero-order valence-electron chi connectivity index (χ0n) is 16.9. The smallest absolute Gasteiger partial charge is 0.224 e. The number of carbonyl (C=O) groups excluding carboxylic acids is 1. The van der Waals surface area contributed by atoms with Crippen LogP contribution < -0.4 is 15.4 Å². The quantitative estimate of drug-likeness (QED) is 0.377. The van der Waals surface area contributed by atoms with E-state index in [1.54, 1.807) is 18.4 Å². The summed E-state index contributed by atoms with van der Waals surface area (Å²) in [5, 5.41) is 9.12. The number of thiazole rings is 1. The number of hydrogen-bond acceptors (Lipinski definition) is 5. The number of hydrogen-bond donors (Lipinski definition) is 2. The number of nitrogens with one attached hydrogen (secondary N) is 2. The van der Waals surface area contributed by atoms with Gasteiger partial charge < -0.3 is 15.4 Å². The van der Waals surface area contributed by atoms with Gasteiger partial charge in [-0.15, -0.1) is 11.3 Å². The van der Waals surface area contributed by atoms with Crippen molar-refractivity contribution in [3.63, 3.8) is 0 Å². The number of ether oxygens (including phenoxy) is 1. The molecule has 3 rings (SSSR count). The van der Waals surface area contributed by atoms with Crippen LogP contribution in [0.5, 0.6) is 5.75 Å². The molecule has 2 N–H and O–H groups in total. The highest BCUT2D eigenvalue weighted by molar-refractivity contribution is 7.14. The van der Waals surface area contributed by atoms with Crippen LogP contribution in [0.2, 0.25) is 0 Å². The van der Waals surface area contributed by atoms with Gasteiger partial charge in [-0.3, -0.25) is 4.79 Å². The fourth-order valence-electron chi connectivity index (χ4n) is 2.92. The molecule has 29 heavy (non-hydrogen) atoms. The van der Waals surface area contributed by atoms with Gasteiger partial charge in [0.05, 0.1) is 12.8 Å². The van der Waals surface area contributed by atoms with Crippen molar-refractivity contribution in [1.29, 1.82) is 0 Å². The molecule has 0 radical (unpaired) electrons. The molecule has 0 bridgehead atoms. The van der Waals surface area contributed by atoms with E-state index in [0.717, 1.165) is 46.4 Å². The van der Waals surface area contributed by atoms with Crippen LogP contribution in [0.25, 0.3) is 11.3 Å². The highest BCUT2D eigenvalue weighted by Crippen LogP contribution is 2.28. The van der Waals surface area contributed by atoms with E-state index in [4.69, 9.17) is 4.74 Å². The average Bonchev–Trinajstić information content (AvgIpc) is 3.21. The maximum absolute atomic E-state index is 12.0. The third kappa shape index (κ3) is 6.32. The number of carbonyl (C=O) groups is 1. The molecule has 0 unspecified atom stereocenters. The first-order valence-electron chi connectivity index (χ1n) is 9.95. The molecular formula is C23H27N3O2S. The molecule has 0 spiro atoms. The lowest BCUT2D eigenvalue weighted by Crippen LogP contribution is -2.10. The molecule has 3 aromatic rings. The number of unbranched alkanes of at least 4 members (excludes halogenated alkanes) is 3. The van der Waals surface area contributed by atoms with Gasteiger partial charge in [-0.2, -0.15) is 0 Å². The number of benzene rings is 2. The summed E-state index contributed by atoms with van der Waals surface area (Å²) < 4.78 is 5.18. The molecule has 152 valence electrons. The van der Waals surface area contributed by atoms with Crippen LogP contribution in [0.15, 0.2) is 53.9 Å². The minimum absolute atomic E-state index is 0.0773. The van der Waals surface area contributed by atoms with Crippen molar-refractivity contribution in [1.82, 2.24) is 4.98 Å². The van der Waals surface area contributed by atoms with Crippen molar-refractivity contribution in [2.45, 2.75) is 39.0 Å². The molecule has 1 heterocycles. The summed E-state index contributed by atoms with van der Waals surface area (Å²) in [5.74, 6) is 0.900. The molecule has 0 saturated carbocycles. The lowest BCUT2D eigenvalue weighted by molar-refractivity contribution is -0.116. The summed E-state index contributed by atoms with van der Waals surface area (Å²) in [6.07, 6.45) is 5.00. The van der Waals surface area contributed by atoms with Gasteiger partial charge in [-0.1, -0.05) is 38.3 Å². The molecule has 5 nitrogen and oxygen atoms in total. The number of rotatable bonds is 10.